The van der Waals surface area contributed by atoms with Gasteiger partial charge in [0.2, 0.25) is 0 Å². The van der Waals surface area contributed by atoms with Gasteiger partial charge in [0.25, 0.3) is 0 Å². The molecule has 4 aromatic rings. The fourth-order valence-corrected chi connectivity index (χ4v) is 13.7. The van der Waals surface area contributed by atoms with Crippen LogP contribution in [0.2, 0.25) is 0 Å². The maximum absolute atomic E-state index is 5.82. The minimum Gasteiger partial charge on any atom is -0.496 e. The van der Waals surface area contributed by atoms with E-state index in [4.69, 9.17) is 18.9 Å². The highest BCUT2D eigenvalue weighted by Gasteiger charge is 2.35. The van der Waals surface area contributed by atoms with Gasteiger partial charge in [0.05, 0.1) is 28.4 Å². The first kappa shape index (κ1) is 34.7. The molecule has 4 aromatic carbocycles. The molecule has 0 radical (unpaired) electrons. The van der Waals surface area contributed by atoms with Crippen molar-refractivity contribution >= 4 is 37.1 Å². The molecule has 0 N–H and O–H groups in total. The number of hydrogen-bond donors (Lipinski definition) is 0. The number of methoxy groups -OCH3 is 4. The predicted molar refractivity (Wildman–Crippen MR) is 203 cm³/mol. The Balaban J connectivity index is 1.78. The van der Waals surface area contributed by atoms with Crippen LogP contribution in [0, 0.1) is 55.4 Å². The molecule has 1 aliphatic carbocycles. The van der Waals surface area contributed by atoms with Gasteiger partial charge in [0, 0.05) is 5.66 Å². The first-order valence-electron chi connectivity index (χ1n) is 16.0. The van der Waals surface area contributed by atoms with Crippen molar-refractivity contribution in [3.8, 4) is 23.0 Å². The summed E-state index contributed by atoms with van der Waals surface area (Å²) in [5, 5.41) is 6.82. The van der Waals surface area contributed by atoms with Crippen LogP contribution >= 0.6 is 15.8 Å². The van der Waals surface area contributed by atoms with Crippen molar-refractivity contribution in [2.75, 3.05) is 28.4 Å². The van der Waals surface area contributed by atoms with E-state index in [9.17, 15) is 0 Å². The normalized spacial score (nSPS) is 14.2. The topological polar surface area (TPSA) is 36.9 Å². The Bertz CT molecular complexity index is 1680. The smallest absolute Gasteiger partial charge is 0.124 e. The van der Waals surface area contributed by atoms with Gasteiger partial charge in [-0.05, 0) is 191 Å². The van der Waals surface area contributed by atoms with E-state index in [0.717, 1.165) is 67.5 Å². The van der Waals surface area contributed by atoms with Crippen LogP contribution in [0.25, 0.3) is 0 Å². The van der Waals surface area contributed by atoms with Crippen LogP contribution in [0.3, 0.4) is 0 Å². The van der Waals surface area contributed by atoms with Crippen molar-refractivity contribution in [2.45, 2.75) is 61.0 Å². The molecular weight excluding hydrogens is 618 g/mol. The number of benzene rings is 4. The molecule has 0 saturated carbocycles. The summed E-state index contributed by atoms with van der Waals surface area (Å²) in [6.07, 6.45) is 7.11. The molecule has 0 saturated heterocycles. The molecule has 47 heavy (non-hydrogen) atoms. The summed E-state index contributed by atoms with van der Waals surface area (Å²) < 4.78 is 23.3. The first-order valence-corrected chi connectivity index (χ1v) is 18.8. The van der Waals surface area contributed by atoms with Gasteiger partial charge in [-0.25, -0.2) is 0 Å². The number of ether oxygens (including phenoxy) is 4. The summed E-state index contributed by atoms with van der Waals surface area (Å²) in [6.45, 7) is 17.3. The molecule has 0 fully saturated rings. The highest BCUT2D eigenvalue weighted by molar-refractivity contribution is 7.80. The van der Waals surface area contributed by atoms with Gasteiger partial charge in [0.15, 0.2) is 0 Å². The number of hydrogen-bond acceptors (Lipinski definition) is 4. The number of rotatable bonds is 10. The minimum absolute atomic E-state index is 0.195. The van der Waals surface area contributed by atoms with Crippen molar-refractivity contribution in [1.29, 1.82) is 0 Å². The summed E-state index contributed by atoms with van der Waals surface area (Å²) in [6, 6.07) is 18.8. The highest BCUT2D eigenvalue weighted by Crippen LogP contribution is 2.58. The lowest BCUT2D eigenvalue weighted by Gasteiger charge is -2.33. The highest BCUT2D eigenvalue weighted by atomic mass is 31.1. The summed E-state index contributed by atoms with van der Waals surface area (Å²) in [4.78, 5) is 0. The van der Waals surface area contributed by atoms with E-state index in [1.54, 1.807) is 28.4 Å². The lowest BCUT2D eigenvalue weighted by atomic mass is 10.1. The molecule has 5 rings (SSSR count). The first-order chi connectivity index (χ1) is 22.4. The van der Waals surface area contributed by atoms with Crippen LogP contribution in [0.15, 0.2) is 72.1 Å². The molecule has 1 atom stereocenters. The molecule has 0 aliphatic heterocycles. The summed E-state index contributed by atoms with van der Waals surface area (Å²) >= 11 is 0. The standard InChI is InChI=1S/C41H48O4P2/c1-24-16-32(17-25(2)38(24)42-9)46(33-18-26(3)39(43-10)27(4)19-33)36-14-13-15-37(36)47(34-20-28(5)40(44-11)29(6)21-34)35-22-30(7)41(45-12)31(8)23-35/h13-23,36H,1-12H3. The molecular formula is C41H48O4P2. The van der Waals surface area contributed by atoms with E-state index in [2.05, 4.69) is 122 Å². The van der Waals surface area contributed by atoms with E-state index in [1.165, 1.54) is 26.5 Å². The molecule has 6 heteroatoms. The Kier molecular flexibility index (Phi) is 10.5. The molecule has 0 heterocycles. The Morgan fingerprint density at radius 2 is 0.702 bits per heavy atom. The molecule has 1 unspecified atom stereocenters. The van der Waals surface area contributed by atoms with Crippen LogP contribution in [-0.4, -0.2) is 34.1 Å². The quantitative estimate of drug-likeness (QED) is 0.159. The molecule has 4 nitrogen and oxygen atoms in total. The van der Waals surface area contributed by atoms with Gasteiger partial charge in [-0.3, -0.25) is 0 Å². The minimum atomic E-state index is -0.899. The van der Waals surface area contributed by atoms with E-state index in [-0.39, 0.29) is 5.66 Å². The van der Waals surface area contributed by atoms with Crippen LogP contribution in [0.1, 0.15) is 44.5 Å². The third-order valence-corrected chi connectivity index (χ3v) is 14.4. The van der Waals surface area contributed by atoms with E-state index < -0.39 is 15.8 Å². The van der Waals surface area contributed by atoms with Gasteiger partial charge < -0.3 is 18.9 Å². The van der Waals surface area contributed by atoms with Gasteiger partial charge in [-0.1, -0.05) is 18.2 Å². The SMILES string of the molecule is COc1c(C)cc(P(C2=CC=CC2P(c2cc(C)c(OC)c(C)c2)c2cc(C)c(OC)c(C)c2)c2cc(C)c(OC)c(C)c2)cc1C. The van der Waals surface area contributed by atoms with Crippen LogP contribution in [0.5, 0.6) is 23.0 Å². The van der Waals surface area contributed by atoms with Crippen molar-refractivity contribution < 1.29 is 18.9 Å². The zero-order valence-corrected chi connectivity index (χ0v) is 31.7. The fraction of sp³-hybridized carbons (Fsp3) is 0.317. The third-order valence-electron chi connectivity index (χ3n) is 9.07. The lowest BCUT2D eigenvalue weighted by Crippen LogP contribution is -2.25. The van der Waals surface area contributed by atoms with Crippen LogP contribution in [0.4, 0.5) is 0 Å². The molecule has 0 spiro atoms. The molecule has 0 aromatic heterocycles. The van der Waals surface area contributed by atoms with Crippen molar-refractivity contribution in [3.05, 3.63) is 117 Å². The fourth-order valence-electron chi connectivity index (χ4n) is 7.33. The zero-order valence-electron chi connectivity index (χ0n) is 30.0. The maximum Gasteiger partial charge on any atom is 0.124 e. The lowest BCUT2D eigenvalue weighted by molar-refractivity contribution is 0.408. The summed E-state index contributed by atoms with van der Waals surface area (Å²) in [7, 11) is 5.30. The Morgan fingerprint density at radius 3 is 0.979 bits per heavy atom. The Hall–Kier alpha value is -3.58. The van der Waals surface area contributed by atoms with Gasteiger partial charge in [-0.15, -0.1) is 0 Å². The van der Waals surface area contributed by atoms with E-state index in [1.807, 2.05) is 0 Å². The van der Waals surface area contributed by atoms with Crippen molar-refractivity contribution in [1.82, 2.24) is 0 Å². The van der Waals surface area contributed by atoms with Gasteiger partial charge in [-0.2, -0.15) is 0 Å². The van der Waals surface area contributed by atoms with Gasteiger partial charge in [0.1, 0.15) is 23.0 Å². The molecule has 246 valence electrons. The second-order valence-electron chi connectivity index (χ2n) is 12.6. The van der Waals surface area contributed by atoms with Crippen LogP contribution < -0.4 is 40.2 Å². The van der Waals surface area contributed by atoms with E-state index >= 15 is 0 Å². The van der Waals surface area contributed by atoms with E-state index in [0.29, 0.717) is 0 Å². The second-order valence-corrected chi connectivity index (χ2v) is 17.1. The van der Waals surface area contributed by atoms with Crippen molar-refractivity contribution in [3.63, 3.8) is 0 Å². The second kappa shape index (κ2) is 14.3. The zero-order chi connectivity index (χ0) is 34.2. The number of aryl methyl sites for hydroxylation is 8. The average Bonchev–Trinajstić information content (AvgIpc) is 3.45. The summed E-state index contributed by atoms with van der Waals surface area (Å²) in [5.41, 5.74) is 9.47. The maximum atomic E-state index is 5.82. The monoisotopic (exact) mass is 666 g/mol. The molecule has 0 bridgehead atoms. The largest absolute Gasteiger partial charge is 0.496 e. The van der Waals surface area contributed by atoms with Crippen molar-refractivity contribution in [2.24, 2.45) is 0 Å². The molecule has 0 amide bonds. The predicted octanol–water partition coefficient (Wildman–Crippen LogP) is 8.58. The number of allylic oxidation sites excluding steroid dienone is 4. The Labute approximate surface area is 284 Å². The van der Waals surface area contributed by atoms with Crippen LogP contribution in [-0.2, 0) is 0 Å². The average molecular weight is 667 g/mol. The third kappa shape index (κ3) is 6.61. The summed E-state index contributed by atoms with van der Waals surface area (Å²) in [5.74, 6) is 3.83. The Morgan fingerprint density at radius 1 is 0.426 bits per heavy atom. The molecule has 1 aliphatic rings. The van der Waals surface area contributed by atoms with Gasteiger partial charge >= 0.3 is 0 Å².